The molecule has 1 unspecified atom stereocenters. The molecule has 0 radical (unpaired) electrons. The van der Waals surface area contributed by atoms with Crippen LogP contribution in [0.25, 0.3) is 10.9 Å². The molecule has 168 valence electrons. The molecule has 0 bridgehead atoms. The van der Waals surface area contributed by atoms with E-state index >= 15 is 0 Å². The molecule has 0 aliphatic heterocycles. The third-order valence-electron chi connectivity index (χ3n) is 4.46. The maximum atomic E-state index is 13.3. The second-order valence-electron chi connectivity index (χ2n) is 8.03. The molecule has 1 aromatic carbocycles. The summed E-state index contributed by atoms with van der Waals surface area (Å²) < 4.78 is 13.3. The van der Waals surface area contributed by atoms with Gasteiger partial charge in [0.25, 0.3) is 23.4 Å². The van der Waals surface area contributed by atoms with Crippen LogP contribution in [0.5, 0.6) is 0 Å². The minimum atomic E-state index is -2.43. The molecule has 1 aromatic heterocycles. The molecule has 0 aliphatic carbocycles. The van der Waals surface area contributed by atoms with Crippen LogP contribution in [0, 0.1) is 5.41 Å². The molecule has 0 fully saturated rings. The smallest absolute Gasteiger partial charge is 0.291 e. The van der Waals surface area contributed by atoms with Crippen molar-refractivity contribution in [3.05, 3.63) is 36.0 Å². The number of rotatable bonds is 7. The Labute approximate surface area is 183 Å². The Balaban J connectivity index is 2.21. The zero-order valence-electron chi connectivity index (χ0n) is 17.4. The van der Waals surface area contributed by atoms with Gasteiger partial charge in [0.2, 0.25) is 5.91 Å². The van der Waals surface area contributed by atoms with E-state index in [1.807, 2.05) is 24.3 Å². The largest absolute Gasteiger partial charge is 0.370 e. The Bertz CT molecular complexity index is 952. The van der Waals surface area contributed by atoms with Crippen molar-refractivity contribution >= 4 is 46.1 Å². The number of primary amides is 1. The summed E-state index contributed by atoms with van der Waals surface area (Å²) in [6.07, 6.45) is -0.322. The average Bonchev–Trinajstić information content (AvgIpc) is 3.11. The van der Waals surface area contributed by atoms with Gasteiger partial charge in [-0.05, 0) is 17.5 Å². The highest BCUT2D eigenvalue weighted by atomic mass is 35.5. The molecule has 4 amide bonds. The number of para-hydroxylation sites is 1. The normalized spacial score (nSPS) is 13.3. The van der Waals surface area contributed by atoms with Gasteiger partial charge < -0.3 is 16.0 Å². The summed E-state index contributed by atoms with van der Waals surface area (Å²) in [5, 5.41) is 4.04. The van der Waals surface area contributed by atoms with Crippen LogP contribution in [0.15, 0.2) is 30.3 Å². The molecule has 0 saturated carbocycles. The molecule has 0 spiro atoms. The Kier molecular flexibility index (Phi) is 7.61. The van der Waals surface area contributed by atoms with Crippen molar-refractivity contribution in [3.63, 3.8) is 0 Å². The number of nitrogens with one attached hydrogen (secondary N) is 3. The van der Waals surface area contributed by atoms with Crippen molar-refractivity contribution in [1.82, 2.24) is 20.7 Å². The van der Waals surface area contributed by atoms with Crippen molar-refractivity contribution in [2.45, 2.75) is 38.9 Å². The van der Waals surface area contributed by atoms with Gasteiger partial charge in [0.15, 0.2) is 0 Å². The molecule has 2 aromatic rings. The summed E-state index contributed by atoms with van der Waals surface area (Å²) in [5.41, 5.74) is 5.09. The van der Waals surface area contributed by atoms with Crippen LogP contribution < -0.4 is 16.5 Å². The second-order valence-corrected chi connectivity index (χ2v) is 8.41. The van der Waals surface area contributed by atoms with Crippen LogP contribution in [0.3, 0.4) is 0 Å². The summed E-state index contributed by atoms with van der Waals surface area (Å²) in [6.45, 7) is 4.74. The Hall–Kier alpha value is -3.14. The number of hydrazine groups is 1. The first-order valence-corrected chi connectivity index (χ1v) is 9.90. The number of halogens is 2. The van der Waals surface area contributed by atoms with Gasteiger partial charge >= 0.3 is 0 Å². The van der Waals surface area contributed by atoms with E-state index in [9.17, 15) is 23.6 Å². The monoisotopic (exact) mass is 453 g/mol. The van der Waals surface area contributed by atoms with Gasteiger partial charge in [-0.3, -0.25) is 24.6 Å². The molecule has 2 rings (SSSR count). The number of alkyl halides is 2. The third kappa shape index (κ3) is 6.42. The van der Waals surface area contributed by atoms with Crippen molar-refractivity contribution in [2.24, 2.45) is 11.1 Å². The van der Waals surface area contributed by atoms with E-state index in [-0.39, 0.29) is 18.7 Å². The minimum absolute atomic E-state index is 0.245. The van der Waals surface area contributed by atoms with Crippen LogP contribution in [0.1, 0.15) is 37.7 Å². The first-order chi connectivity index (χ1) is 14.4. The highest BCUT2D eigenvalue weighted by Crippen LogP contribution is 2.21. The fraction of sp³-hybridized carbons (Fsp3) is 0.400. The molecule has 0 aliphatic rings. The summed E-state index contributed by atoms with van der Waals surface area (Å²) in [4.78, 5) is 51.6. The summed E-state index contributed by atoms with van der Waals surface area (Å²) in [7, 11) is 0. The predicted octanol–water partition coefficient (Wildman–Crippen LogP) is 1.58. The number of nitrogens with two attached hydrogens (primary N) is 1. The van der Waals surface area contributed by atoms with Gasteiger partial charge in [0.1, 0.15) is 11.7 Å². The molecule has 11 heteroatoms. The minimum Gasteiger partial charge on any atom is -0.370 e. The fourth-order valence-corrected chi connectivity index (χ4v) is 2.96. The molecule has 0 saturated heterocycles. The molecule has 2 atom stereocenters. The number of hydrogen-bond acceptors (Lipinski definition) is 4. The zero-order chi connectivity index (χ0) is 23.3. The maximum absolute atomic E-state index is 13.3. The third-order valence-corrected chi connectivity index (χ3v) is 4.64. The van der Waals surface area contributed by atoms with Gasteiger partial charge in [0, 0.05) is 17.3 Å². The molecule has 31 heavy (non-hydrogen) atoms. The number of amides is 4. The van der Waals surface area contributed by atoms with Crippen LogP contribution in [0.4, 0.5) is 4.39 Å². The van der Waals surface area contributed by atoms with E-state index in [1.165, 1.54) is 0 Å². The van der Waals surface area contributed by atoms with E-state index in [0.717, 1.165) is 10.9 Å². The van der Waals surface area contributed by atoms with Crippen LogP contribution in [-0.4, -0.2) is 51.8 Å². The molecule has 9 nitrogen and oxygen atoms in total. The van der Waals surface area contributed by atoms with Gasteiger partial charge in [0.05, 0.1) is 6.54 Å². The van der Waals surface area contributed by atoms with E-state index in [2.05, 4.69) is 15.7 Å². The van der Waals surface area contributed by atoms with Crippen LogP contribution in [-0.2, 0) is 14.4 Å². The lowest BCUT2D eigenvalue weighted by Crippen LogP contribution is -2.59. The molecular weight excluding hydrogens is 429 g/mol. The Morgan fingerprint density at radius 1 is 1.23 bits per heavy atom. The second kappa shape index (κ2) is 9.78. The summed E-state index contributed by atoms with van der Waals surface area (Å²) >= 11 is 5.20. The number of aromatic nitrogens is 1. The fourth-order valence-electron chi connectivity index (χ4n) is 2.84. The van der Waals surface area contributed by atoms with Gasteiger partial charge in [-0.2, -0.15) is 0 Å². The Morgan fingerprint density at radius 2 is 1.87 bits per heavy atom. The highest BCUT2D eigenvalue weighted by molar-refractivity contribution is 6.29. The first kappa shape index (κ1) is 24.1. The summed E-state index contributed by atoms with van der Waals surface area (Å²) in [6, 6.07) is 7.82. The van der Waals surface area contributed by atoms with E-state index < -0.39 is 40.7 Å². The lowest BCUT2D eigenvalue weighted by molar-refractivity contribution is -0.145. The van der Waals surface area contributed by atoms with Crippen LogP contribution >= 0.6 is 11.6 Å². The van der Waals surface area contributed by atoms with Gasteiger partial charge in [-0.15, -0.1) is 0 Å². The van der Waals surface area contributed by atoms with Crippen LogP contribution in [0.2, 0.25) is 0 Å². The van der Waals surface area contributed by atoms with Crippen molar-refractivity contribution in [3.8, 4) is 0 Å². The Morgan fingerprint density at radius 3 is 2.42 bits per heavy atom. The van der Waals surface area contributed by atoms with E-state index in [4.69, 9.17) is 17.3 Å². The molecular formula is C20H25ClFN5O4. The number of fused-ring (bicyclic) bond motifs is 1. The lowest BCUT2D eigenvalue weighted by Gasteiger charge is -2.32. The number of carbonyl (C=O) groups is 4. The van der Waals surface area contributed by atoms with E-state index in [1.54, 1.807) is 26.8 Å². The first-order valence-electron chi connectivity index (χ1n) is 9.47. The number of hydrogen-bond donors (Lipinski definition) is 4. The molecule has 5 N–H and O–H groups in total. The number of aromatic amines is 1. The zero-order valence-corrected chi connectivity index (χ0v) is 18.1. The highest BCUT2D eigenvalue weighted by Gasteiger charge is 2.35. The van der Waals surface area contributed by atoms with Gasteiger partial charge in [-0.25, -0.2) is 9.40 Å². The number of nitrogens with zero attached hydrogens (tertiary/aromatic N) is 1. The SMILES string of the molecule is CC(C)(C)[C@H](NC(=O)c1cc2ccccc2[nH]1)C(=O)NN(CCC(N)=O)C(=O)C(F)Cl. The van der Waals surface area contributed by atoms with Crippen molar-refractivity contribution < 1.29 is 23.6 Å². The topological polar surface area (TPSA) is 137 Å². The average molecular weight is 454 g/mol. The van der Waals surface area contributed by atoms with Gasteiger partial charge in [-0.1, -0.05) is 50.6 Å². The lowest BCUT2D eigenvalue weighted by atomic mass is 9.86. The quantitative estimate of drug-likeness (QED) is 0.373. The molecule has 1 heterocycles. The number of H-pyrrole nitrogens is 1. The predicted molar refractivity (Wildman–Crippen MR) is 113 cm³/mol. The standard InChI is InChI=1S/C20H25ClFN5O4/c1-20(2,3)15(18(30)26-27(9-8-14(23)28)19(31)16(21)22)25-17(29)13-10-11-6-4-5-7-12(11)24-13/h4-7,10,15-16,24H,8-9H2,1-3H3,(H2,23,28)(H,25,29)(H,26,30)/t15-,16?/m1/s1. The van der Waals surface area contributed by atoms with Crippen molar-refractivity contribution in [2.75, 3.05) is 6.54 Å². The van der Waals surface area contributed by atoms with Crippen molar-refractivity contribution in [1.29, 1.82) is 0 Å². The number of benzene rings is 1. The van der Waals surface area contributed by atoms with E-state index in [0.29, 0.717) is 5.01 Å². The number of carbonyl (C=O) groups excluding carboxylic acids is 4. The summed E-state index contributed by atoms with van der Waals surface area (Å²) in [5.74, 6) is -3.34. The maximum Gasteiger partial charge on any atom is 0.291 e.